The van der Waals surface area contributed by atoms with Crippen molar-refractivity contribution in [2.75, 3.05) is 37.8 Å². The number of aliphatic carboxylic acids is 1. The first-order chi connectivity index (χ1) is 19.3. The number of piperidine rings is 1. The number of carbonyl (C=O) groups is 2. The number of ether oxygens (including phenoxy) is 1. The third kappa shape index (κ3) is 6.64. The number of hydrogen-bond donors (Lipinski definition) is 4. The summed E-state index contributed by atoms with van der Waals surface area (Å²) in [4.78, 5) is 35.2. The van der Waals surface area contributed by atoms with Crippen molar-refractivity contribution in [3.63, 3.8) is 0 Å². The van der Waals surface area contributed by atoms with E-state index in [4.69, 9.17) is 9.84 Å². The summed E-state index contributed by atoms with van der Waals surface area (Å²) in [6.07, 6.45) is 3.69. The van der Waals surface area contributed by atoms with Crippen LogP contribution in [-0.2, 0) is 16.1 Å². The lowest BCUT2D eigenvalue weighted by atomic mass is 9.98. The molecule has 1 unspecified atom stereocenters. The number of likely N-dealkylation sites (tertiary alicyclic amines) is 1. The second-order valence-corrected chi connectivity index (χ2v) is 11.6. The Morgan fingerprint density at radius 1 is 1.30 bits per heavy atom. The highest BCUT2D eigenvalue weighted by atomic mass is 79.9. The third-order valence-electron chi connectivity index (χ3n) is 7.08. The predicted octanol–water partition coefficient (Wildman–Crippen LogP) is 3.83. The molecule has 210 valence electrons. The van der Waals surface area contributed by atoms with E-state index in [1.807, 2.05) is 18.2 Å². The van der Waals surface area contributed by atoms with Crippen molar-refractivity contribution in [2.45, 2.75) is 36.4 Å². The van der Waals surface area contributed by atoms with Gasteiger partial charge < -0.3 is 30.5 Å². The maximum Gasteiger partial charge on any atom is 0.328 e. The summed E-state index contributed by atoms with van der Waals surface area (Å²) in [5.74, 6) is 0.386. The van der Waals surface area contributed by atoms with Crippen LogP contribution in [0, 0.1) is 0 Å². The summed E-state index contributed by atoms with van der Waals surface area (Å²) in [5.41, 5.74) is 2.83. The van der Waals surface area contributed by atoms with E-state index in [1.54, 1.807) is 12.1 Å². The zero-order valence-electron chi connectivity index (χ0n) is 21.9. The number of anilines is 1. The second-order valence-electron chi connectivity index (χ2n) is 9.74. The van der Waals surface area contributed by atoms with E-state index < -0.39 is 12.1 Å². The number of aromatic nitrogens is 2. The van der Waals surface area contributed by atoms with E-state index in [0.717, 1.165) is 52.5 Å². The van der Waals surface area contributed by atoms with E-state index in [9.17, 15) is 14.7 Å². The van der Waals surface area contributed by atoms with E-state index >= 15 is 0 Å². The molecule has 10 nitrogen and oxygen atoms in total. The van der Waals surface area contributed by atoms with Crippen LogP contribution in [0.4, 0.5) is 5.82 Å². The summed E-state index contributed by atoms with van der Waals surface area (Å²) in [6.45, 7) is 2.70. The molecule has 0 spiro atoms. The molecular weight excluding hydrogens is 598 g/mol. The van der Waals surface area contributed by atoms with Gasteiger partial charge in [0.2, 0.25) is 11.8 Å². The summed E-state index contributed by atoms with van der Waals surface area (Å²) < 4.78 is 6.22. The highest BCUT2D eigenvalue weighted by Crippen LogP contribution is 2.34. The molecule has 1 fully saturated rings. The Morgan fingerprint density at radius 3 is 2.85 bits per heavy atom. The molecule has 0 aliphatic carbocycles. The maximum absolute atomic E-state index is 11.7. The van der Waals surface area contributed by atoms with Crippen molar-refractivity contribution in [3.05, 3.63) is 57.7 Å². The lowest BCUT2D eigenvalue weighted by molar-refractivity contribution is -0.131. The quantitative estimate of drug-likeness (QED) is 0.259. The number of fused-ring (bicyclic) bond motifs is 2. The molecule has 1 amide bonds. The van der Waals surface area contributed by atoms with Crippen molar-refractivity contribution in [1.29, 1.82) is 0 Å². The average Bonchev–Trinajstić information content (AvgIpc) is 2.95. The topological polar surface area (TPSA) is 137 Å². The first kappa shape index (κ1) is 28.5. The monoisotopic (exact) mass is 627 g/mol. The van der Waals surface area contributed by atoms with Gasteiger partial charge >= 0.3 is 5.97 Å². The van der Waals surface area contributed by atoms with Crippen LogP contribution in [0.5, 0.6) is 5.88 Å². The standard InChI is InChI=1S/C28H30BrN5O5S/c1-39-25-6-5-18-16(3-7-26(37)38)2-4-19(27(18)33-25)22(35)14-34-10-8-17(9-11-34)30-13-21-20(29)12-23-28(31-21)32-24(36)15-40-23/h2-7,12,17,22,30,35H,8-11,13-15H2,1H3,(H,37,38)(H,31,32,36)/b7-3+. The minimum absolute atomic E-state index is 0.0327. The molecule has 0 radical (unpaired) electrons. The molecule has 4 heterocycles. The van der Waals surface area contributed by atoms with Gasteiger partial charge in [-0.15, -0.1) is 11.8 Å². The lowest BCUT2D eigenvalue weighted by Crippen LogP contribution is -2.43. The van der Waals surface area contributed by atoms with Gasteiger partial charge in [-0.3, -0.25) is 4.79 Å². The molecule has 2 aliphatic heterocycles. The fraction of sp³-hybridized carbons (Fsp3) is 0.357. The molecule has 1 atom stereocenters. The summed E-state index contributed by atoms with van der Waals surface area (Å²) in [6, 6.07) is 9.49. The van der Waals surface area contributed by atoms with Gasteiger partial charge in [-0.2, -0.15) is 0 Å². The molecule has 1 saturated heterocycles. The summed E-state index contributed by atoms with van der Waals surface area (Å²) in [7, 11) is 1.54. The van der Waals surface area contributed by atoms with Gasteiger partial charge in [0.1, 0.15) is 5.82 Å². The number of carboxylic acid groups (broad SMARTS) is 1. The molecule has 5 rings (SSSR count). The molecular formula is C28H30BrN5O5S. The first-order valence-electron chi connectivity index (χ1n) is 12.9. The van der Waals surface area contributed by atoms with Crippen LogP contribution in [0.3, 0.4) is 0 Å². The molecule has 0 bridgehead atoms. The Bertz CT molecular complexity index is 1460. The zero-order valence-corrected chi connectivity index (χ0v) is 24.3. The lowest BCUT2D eigenvalue weighted by Gasteiger charge is -2.34. The first-order valence-corrected chi connectivity index (χ1v) is 14.7. The van der Waals surface area contributed by atoms with Gasteiger partial charge in [-0.25, -0.2) is 14.8 Å². The van der Waals surface area contributed by atoms with Crippen LogP contribution in [-0.4, -0.2) is 75.5 Å². The molecule has 2 aliphatic rings. The minimum Gasteiger partial charge on any atom is -0.481 e. The Balaban J connectivity index is 1.20. The van der Waals surface area contributed by atoms with Crippen LogP contribution in [0.25, 0.3) is 17.0 Å². The Labute approximate surface area is 244 Å². The maximum atomic E-state index is 11.7. The molecule has 0 saturated carbocycles. The van der Waals surface area contributed by atoms with Gasteiger partial charge in [0, 0.05) is 46.7 Å². The summed E-state index contributed by atoms with van der Waals surface area (Å²) in [5, 5.41) is 27.4. The van der Waals surface area contributed by atoms with Crippen LogP contribution in [0.15, 0.2) is 45.8 Å². The molecule has 1 aromatic carbocycles. The SMILES string of the molecule is COc1ccc2c(/C=C/C(=O)O)ccc(C(O)CN3CCC(NCc4nc5c(cc4Br)SCC(=O)N5)CC3)c2n1. The number of nitrogens with one attached hydrogen (secondary N) is 2. The second kappa shape index (κ2) is 12.6. The highest BCUT2D eigenvalue weighted by Gasteiger charge is 2.24. The summed E-state index contributed by atoms with van der Waals surface area (Å²) >= 11 is 5.10. The van der Waals surface area contributed by atoms with Gasteiger partial charge in [-0.1, -0.05) is 12.1 Å². The molecule has 4 N–H and O–H groups in total. The van der Waals surface area contributed by atoms with Gasteiger partial charge in [0.15, 0.2) is 0 Å². The number of methoxy groups -OCH3 is 1. The van der Waals surface area contributed by atoms with Gasteiger partial charge in [0.25, 0.3) is 0 Å². The number of benzene rings is 1. The van der Waals surface area contributed by atoms with E-state index in [0.29, 0.717) is 53.2 Å². The number of nitrogens with zero attached hydrogens (tertiary/aromatic N) is 3. The number of pyridine rings is 2. The number of carboxylic acids is 1. The van der Waals surface area contributed by atoms with Crippen LogP contribution in [0.1, 0.15) is 35.8 Å². The van der Waals surface area contributed by atoms with Crippen LogP contribution >= 0.6 is 27.7 Å². The predicted molar refractivity (Wildman–Crippen MR) is 158 cm³/mol. The Morgan fingerprint density at radius 2 is 2.10 bits per heavy atom. The van der Waals surface area contributed by atoms with Crippen molar-refractivity contribution < 1.29 is 24.5 Å². The third-order valence-corrected chi connectivity index (χ3v) is 8.79. The molecule has 2 aromatic heterocycles. The number of aliphatic hydroxyl groups excluding tert-OH is 1. The number of thioether (sulfide) groups is 1. The number of carbonyl (C=O) groups excluding carboxylic acids is 1. The van der Waals surface area contributed by atoms with Gasteiger partial charge in [0.05, 0.1) is 35.1 Å². The molecule has 3 aromatic rings. The number of hydrogen-bond acceptors (Lipinski definition) is 9. The number of aliphatic hydroxyl groups is 1. The fourth-order valence-electron chi connectivity index (χ4n) is 4.98. The highest BCUT2D eigenvalue weighted by molar-refractivity contribution is 9.10. The normalized spacial score (nSPS) is 17.1. The number of rotatable bonds is 9. The Kier molecular flexibility index (Phi) is 9.01. The van der Waals surface area contributed by atoms with Crippen LogP contribution < -0.4 is 15.4 Å². The smallest absolute Gasteiger partial charge is 0.328 e. The number of β-amino-alcohol motifs (C(OH)–C–C–N with tert-alkyl or cyclic N) is 1. The minimum atomic E-state index is -1.03. The largest absolute Gasteiger partial charge is 0.481 e. The van der Waals surface area contributed by atoms with E-state index in [2.05, 4.69) is 41.4 Å². The van der Waals surface area contributed by atoms with Gasteiger partial charge in [-0.05, 0) is 65.6 Å². The Hall–Kier alpha value is -3.03. The van der Waals surface area contributed by atoms with Crippen LogP contribution in [0.2, 0.25) is 0 Å². The zero-order chi connectivity index (χ0) is 28.2. The average molecular weight is 629 g/mol. The number of halogens is 1. The van der Waals surface area contributed by atoms with Crippen molar-refractivity contribution in [3.8, 4) is 5.88 Å². The number of amides is 1. The molecule has 12 heteroatoms. The van der Waals surface area contributed by atoms with Crippen molar-refractivity contribution in [1.82, 2.24) is 20.2 Å². The van der Waals surface area contributed by atoms with Crippen molar-refractivity contribution in [2.24, 2.45) is 0 Å². The van der Waals surface area contributed by atoms with E-state index in [1.165, 1.54) is 24.9 Å². The van der Waals surface area contributed by atoms with Crippen molar-refractivity contribution >= 4 is 62.4 Å². The van der Waals surface area contributed by atoms with E-state index in [-0.39, 0.29) is 5.91 Å². The fourth-order valence-corrected chi connectivity index (χ4v) is 6.38. The molecule has 40 heavy (non-hydrogen) atoms.